The molecule has 0 fully saturated rings. The topological polar surface area (TPSA) is 108 Å². The van der Waals surface area contributed by atoms with Gasteiger partial charge in [-0.1, -0.05) is 12.1 Å². The van der Waals surface area contributed by atoms with Gasteiger partial charge in [0.2, 0.25) is 0 Å². The number of aryl methyl sites for hydroxylation is 2. The number of nitrogens with one attached hydrogen (secondary N) is 3. The zero-order chi connectivity index (χ0) is 21.4. The Hall–Kier alpha value is -2.27. The second-order valence-corrected chi connectivity index (χ2v) is 6.96. The summed E-state index contributed by atoms with van der Waals surface area (Å²) in [7, 11) is 1.32. The summed E-state index contributed by atoms with van der Waals surface area (Å²) >= 11 is 0. The van der Waals surface area contributed by atoms with Crippen LogP contribution >= 0.6 is 24.0 Å². The van der Waals surface area contributed by atoms with Crippen molar-refractivity contribution in [1.29, 1.82) is 0 Å². The number of carbonyl (C=O) groups excluding carboxylic acids is 1. The molecular formula is C21H31IN4O4. The fraction of sp³-hybridized carbons (Fsp3) is 0.429. The number of nitrogens with zero attached hydrogens (tertiary/aromatic N) is 1. The van der Waals surface area contributed by atoms with Crippen molar-refractivity contribution in [1.82, 2.24) is 10.6 Å². The SMILES string of the molecule is CCNC(=NCc1ccc(NC(=O)OC)cc1)NCC(C)(O)c1cc(C)oc1C.I. The van der Waals surface area contributed by atoms with Gasteiger partial charge in [-0.3, -0.25) is 5.32 Å². The third-order valence-electron chi connectivity index (χ3n) is 4.37. The van der Waals surface area contributed by atoms with Crippen molar-refractivity contribution < 1.29 is 19.1 Å². The van der Waals surface area contributed by atoms with Crippen LogP contribution < -0.4 is 16.0 Å². The highest BCUT2D eigenvalue weighted by molar-refractivity contribution is 14.0. The molecule has 1 aromatic heterocycles. The van der Waals surface area contributed by atoms with Gasteiger partial charge in [0.25, 0.3) is 0 Å². The highest BCUT2D eigenvalue weighted by atomic mass is 127. The van der Waals surface area contributed by atoms with Crippen LogP contribution in [0.15, 0.2) is 39.7 Å². The molecule has 0 radical (unpaired) electrons. The summed E-state index contributed by atoms with van der Waals surface area (Å²) < 4.78 is 10.1. The summed E-state index contributed by atoms with van der Waals surface area (Å²) in [5.74, 6) is 2.07. The van der Waals surface area contributed by atoms with E-state index in [1.54, 1.807) is 19.1 Å². The van der Waals surface area contributed by atoms with E-state index in [-0.39, 0.29) is 30.5 Å². The van der Waals surface area contributed by atoms with E-state index >= 15 is 0 Å². The van der Waals surface area contributed by atoms with Crippen LogP contribution in [0.25, 0.3) is 0 Å². The molecule has 0 aliphatic rings. The molecule has 9 heteroatoms. The second kappa shape index (κ2) is 11.8. The molecule has 1 unspecified atom stereocenters. The van der Waals surface area contributed by atoms with E-state index in [2.05, 4.69) is 25.7 Å². The zero-order valence-corrected chi connectivity index (χ0v) is 20.4. The van der Waals surface area contributed by atoms with Crippen molar-refractivity contribution in [3.8, 4) is 0 Å². The second-order valence-electron chi connectivity index (χ2n) is 6.96. The number of methoxy groups -OCH3 is 1. The van der Waals surface area contributed by atoms with E-state index in [4.69, 9.17) is 4.42 Å². The molecular weight excluding hydrogens is 499 g/mol. The Morgan fingerprint density at radius 3 is 2.43 bits per heavy atom. The molecule has 0 spiro atoms. The van der Waals surface area contributed by atoms with E-state index in [0.717, 1.165) is 16.9 Å². The van der Waals surface area contributed by atoms with E-state index in [0.29, 0.717) is 30.5 Å². The van der Waals surface area contributed by atoms with Gasteiger partial charge in [0.15, 0.2) is 5.96 Å². The first-order chi connectivity index (χ1) is 13.7. The van der Waals surface area contributed by atoms with Crippen LogP contribution in [0.3, 0.4) is 0 Å². The molecule has 8 nitrogen and oxygen atoms in total. The lowest BCUT2D eigenvalue weighted by atomic mass is 9.96. The Kier molecular flexibility index (Phi) is 10.1. The summed E-state index contributed by atoms with van der Waals surface area (Å²) in [4.78, 5) is 15.8. The minimum Gasteiger partial charge on any atom is -0.466 e. The van der Waals surface area contributed by atoms with Gasteiger partial charge in [-0.05, 0) is 51.5 Å². The third kappa shape index (κ3) is 7.52. The number of benzene rings is 1. The number of aliphatic imine (C=N–C) groups is 1. The monoisotopic (exact) mass is 530 g/mol. The van der Waals surface area contributed by atoms with Crippen molar-refractivity contribution >= 4 is 41.7 Å². The smallest absolute Gasteiger partial charge is 0.411 e. The molecule has 30 heavy (non-hydrogen) atoms. The molecule has 0 aliphatic heterocycles. The summed E-state index contributed by atoms with van der Waals surface area (Å²) in [6.07, 6.45) is -0.510. The lowest BCUT2D eigenvalue weighted by Gasteiger charge is -2.24. The van der Waals surface area contributed by atoms with Crippen LogP contribution in [0.1, 0.15) is 36.5 Å². The Labute approximate surface area is 194 Å². The predicted molar refractivity (Wildman–Crippen MR) is 128 cm³/mol. The van der Waals surface area contributed by atoms with E-state index < -0.39 is 11.7 Å². The number of carbonyl (C=O) groups is 1. The molecule has 2 aromatic rings. The summed E-state index contributed by atoms with van der Waals surface area (Å²) in [6, 6.07) is 9.19. The van der Waals surface area contributed by atoms with Crippen molar-refractivity contribution in [2.75, 3.05) is 25.5 Å². The predicted octanol–water partition coefficient (Wildman–Crippen LogP) is 3.66. The maximum Gasteiger partial charge on any atom is 0.411 e. The van der Waals surface area contributed by atoms with E-state index in [1.807, 2.05) is 39.0 Å². The largest absolute Gasteiger partial charge is 0.466 e. The Morgan fingerprint density at radius 2 is 1.90 bits per heavy atom. The number of hydrogen-bond acceptors (Lipinski definition) is 5. The van der Waals surface area contributed by atoms with Crippen LogP contribution in [0.5, 0.6) is 0 Å². The number of rotatable bonds is 7. The first-order valence-electron chi connectivity index (χ1n) is 9.51. The number of furan rings is 1. The summed E-state index contributed by atoms with van der Waals surface area (Å²) in [5, 5.41) is 19.8. The highest BCUT2D eigenvalue weighted by Gasteiger charge is 2.27. The Balaban J connectivity index is 0.00000450. The van der Waals surface area contributed by atoms with Crippen molar-refractivity contribution in [3.05, 3.63) is 53.0 Å². The number of aliphatic hydroxyl groups is 1. The summed E-state index contributed by atoms with van der Waals surface area (Å²) in [5.41, 5.74) is 1.29. The molecule has 2 rings (SSSR count). The molecule has 1 amide bonds. The molecule has 1 atom stereocenters. The van der Waals surface area contributed by atoms with Gasteiger partial charge in [0.1, 0.15) is 17.1 Å². The zero-order valence-electron chi connectivity index (χ0n) is 18.0. The van der Waals surface area contributed by atoms with Gasteiger partial charge in [-0.15, -0.1) is 24.0 Å². The van der Waals surface area contributed by atoms with Crippen molar-refractivity contribution in [3.63, 3.8) is 0 Å². The number of hydrogen-bond donors (Lipinski definition) is 4. The maximum atomic E-state index is 11.2. The fourth-order valence-corrected chi connectivity index (χ4v) is 2.89. The number of guanidine groups is 1. The average molecular weight is 530 g/mol. The molecule has 166 valence electrons. The van der Waals surface area contributed by atoms with Gasteiger partial charge in [0.05, 0.1) is 20.2 Å². The molecule has 0 saturated heterocycles. The van der Waals surface area contributed by atoms with Crippen LogP contribution in [0, 0.1) is 13.8 Å². The number of amides is 1. The van der Waals surface area contributed by atoms with Gasteiger partial charge >= 0.3 is 6.09 Å². The van der Waals surface area contributed by atoms with E-state index in [9.17, 15) is 9.90 Å². The Bertz CT molecular complexity index is 847. The van der Waals surface area contributed by atoms with Gasteiger partial charge in [-0.2, -0.15) is 0 Å². The number of anilines is 1. The minimum absolute atomic E-state index is 0. The third-order valence-corrected chi connectivity index (χ3v) is 4.37. The van der Waals surface area contributed by atoms with E-state index in [1.165, 1.54) is 7.11 Å². The highest BCUT2D eigenvalue weighted by Crippen LogP contribution is 2.26. The number of ether oxygens (including phenoxy) is 1. The summed E-state index contributed by atoms with van der Waals surface area (Å²) in [6.45, 7) is 8.84. The maximum absolute atomic E-state index is 11.2. The Morgan fingerprint density at radius 1 is 1.23 bits per heavy atom. The molecule has 1 aromatic carbocycles. The first kappa shape index (κ1) is 25.8. The number of halogens is 1. The molecule has 0 saturated carbocycles. The van der Waals surface area contributed by atoms with Crippen LogP contribution in [0.2, 0.25) is 0 Å². The molecule has 0 bridgehead atoms. The molecule has 4 N–H and O–H groups in total. The minimum atomic E-state index is -1.10. The van der Waals surface area contributed by atoms with Crippen LogP contribution in [0.4, 0.5) is 10.5 Å². The van der Waals surface area contributed by atoms with Crippen molar-refractivity contribution in [2.24, 2.45) is 4.99 Å². The lowest BCUT2D eigenvalue weighted by molar-refractivity contribution is 0.0601. The standard InChI is InChI=1S/C21H30N4O4.HI/c1-6-22-19(24-13-21(4,27)18-11-14(2)29-15(18)3)23-12-16-7-9-17(10-8-16)25-20(26)28-5;/h7-11,27H,6,12-13H2,1-5H3,(H,25,26)(H2,22,23,24);1H. The normalized spacial score (nSPS) is 13.1. The van der Waals surface area contributed by atoms with Gasteiger partial charge in [0, 0.05) is 17.8 Å². The lowest BCUT2D eigenvalue weighted by Crippen LogP contribution is -2.44. The van der Waals surface area contributed by atoms with Crippen molar-refractivity contribution in [2.45, 2.75) is 39.8 Å². The quantitative estimate of drug-likeness (QED) is 0.247. The molecule has 0 aliphatic carbocycles. The van der Waals surface area contributed by atoms with Gasteiger partial charge < -0.3 is 24.9 Å². The first-order valence-corrected chi connectivity index (χ1v) is 9.51. The average Bonchev–Trinajstić information content (AvgIpc) is 3.04. The van der Waals surface area contributed by atoms with Crippen LogP contribution in [-0.4, -0.2) is 37.4 Å². The van der Waals surface area contributed by atoms with Crippen LogP contribution in [-0.2, 0) is 16.9 Å². The molecule has 1 heterocycles. The van der Waals surface area contributed by atoms with Gasteiger partial charge in [-0.25, -0.2) is 9.79 Å². The fourth-order valence-electron chi connectivity index (χ4n) is 2.89.